The molecule has 0 radical (unpaired) electrons. The van der Waals surface area contributed by atoms with Gasteiger partial charge in [-0.25, -0.2) is 0 Å². The summed E-state index contributed by atoms with van der Waals surface area (Å²) >= 11 is 1.65. The second-order valence-electron chi connectivity index (χ2n) is 6.36. The number of hydrogen-bond acceptors (Lipinski definition) is 4. The van der Waals surface area contributed by atoms with Crippen molar-refractivity contribution in [3.05, 3.63) is 18.2 Å². The third kappa shape index (κ3) is 5.15. The zero-order valence-electron chi connectivity index (χ0n) is 14.4. The summed E-state index contributed by atoms with van der Waals surface area (Å²) in [5, 5.41) is 2.99. The first-order valence-corrected chi connectivity index (χ1v) is 9.39. The van der Waals surface area contributed by atoms with Crippen LogP contribution in [0.2, 0.25) is 0 Å². The van der Waals surface area contributed by atoms with Crippen LogP contribution < -0.4 is 10.1 Å². The van der Waals surface area contributed by atoms with Crippen molar-refractivity contribution in [3.8, 4) is 5.75 Å². The first-order chi connectivity index (χ1) is 11.0. The third-order valence-corrected chi connectivity index (χ3v) is 5.05. The van der Waals surface area contributed by atoms with Crippen LogP contribution in [0.15, 0.2) is 23.1 Å². The lowest BCUT2D eigenvalue weighted by Crippen LogP contribution is -2.31. The summed E-state index contributed by atoms with van der Waals surface area (Å²) in [6, 6.07) is 5.85. The lowest BCUT2D eigenvalue weighted by Gasteiger charge is -2.31. The molecule has 1 heterocycles. The van der Waals surface area contributed by atoms with Crippen LogP contribution in [0.3, 0.4) is 0 Å². The minimum absolute atomic E-state index is 0.0506. The van der Waals surface area contributed by atoms with Crippen molar-refractivity contribution in [2.45, 2.75) is 44.1 Å². The van der Waals surface area contributed by atoms with E-state index < -0.39 is 0 Å². The monoisotopic (exact) mass is 337 g/mol. The molecule has 1 N–H and O–H groups in total. The quantitative estimate of drug-likeness (QED) is 0.791. The van der Waals surface area contributed by atoms with E-state index in [0.29, 0.717) is 24.0 Å². The zero-order chi connectivity index (χ0) is 16.8. The van der Waals surface area contributed by atoms with Crippen LogP contribution in [-0.2, 0) is 9.53 Å². The lowest BCUT2D eigenvalue weighted by molar-refractivity contribution is -0.118. The first kappa shape index (κ1) is 18.1. The van der Waals surface area contributed by atoms with Gasteiger partial charge in [-0.3, -0.25) is 4.79 Å². The molecule has 2 atom stereocenters. The number of methoxy groups -OCH3 is 1. The topological polar surface area (TPSA) is 47.6 Å². The van der Waals surface area contributed by atoms with E-state index in [4.69, 9.17) is 9.47 Å². The van der Waals surface area contributed by atoms with Gasteiger partial charge in [0.2, 0.25) is 5.91 Å². The van der Waals surface area contributed by atoms with Crippen molar-refractivity contribution >= 4 is 23.4 Å². The normalized spacial score (nSPS) is 21.3. The number of thioether (sulfide) groups is 1. The Balaban J connectivity index is 1.94. The van der Waals surface area contributed by atoms with Gasteiger partial charge < -0.3 is 14.8 Å². The van der Waals surface area contributed by atoms with Crippen LogP contribution >= 0.6 is 11.8 Å². The van der Waals surface area contributed by atoms with E-state index >= 15 is 0 Å². The minimum Gasteiger partial charge on any atom is -0.495 e. The van der Waals surface area contributed by atoms with Crippen LogP contribution in [0.4, 0.5) is 5.69 Å². The zero-order valence-corrected chi connectivity index (χ0v) is 15.2. The molecule has 23 heavy (non-hydrogen) atoms. The molecule has 4 nitrogen and oxygen atoms in total. The van der Waals surface area contributed by atoms with Gasteiger partial charge in [0.1, 0.15) is 5.75 Å². The average molecular weight is 337 g/mol. The van der Waals surface area contributed by atoms with Gasteiger partial charge in [0.25, 0.3) is 0 Å². The highest BCUT2D eigenvalue weighted by Gasteiger charge is 2.26. The SMILES string of the molecule is COc1cc(SC)ccc1NC(=O)C[C@@H]1CCO[C@@H](C(C)C)C1. The summed E-state index contributed by atoms with van der Waals surface area (Å²) in [6.07, 6.45) is 4.76. The van der Waals surface area contributed by atoms with Gasteiger partial charge in [0.15, 0.2) is 0 Å². The van der Waals surface area contributed by atoms with Crippen LogP contribution in [-0.4, -0.2) is 32.0 Å². The van der Waals surface area contributed by atoms with E-state index in [1.165, 1.54) is 0 Å². The number of rotatable bonds is 6. The molecule has 1 aromatic carbocycles. The number of benzene rings is 1. The predicted molar refractivity (Wildman–Crippen MR) is 95.3 cm³/mol. The van der Waals surface area contributed by atoms with Crippen molar-refractivity contribution in [2.24, 2.45) is 11.8 Å². The van der Waals surface area contributed by atoms with Gasteiger partial charge in [-0.05, 0) is 49.1 Å². The fourth-order valence-corrected chi connectivity index (χ4v) is 3.34. The Morgan fingerprint density at radius 2 is 2.26 bits per heavy atom. The molecule has 5 heteroatoms. The maximum absolute atomic E-state index is 12.4. The summed E-state index contributed by atoms with van der Waals surface area (Å²) in [5.74, 6) is 1.65. The van der Waals surface area contributed by atoms with E-state index in [1.54, 1.807) is 18.9 Å². The molecular formula is C18H27NO3S. The van der Waals surface area contributed by atoms with E-state index in [-0.39, 0.29) is 12.0 Å². The van der Waals surface area contributed by atoms with Crippen molar-refractivity contribution in [2.75, 3.05) is 25.3 Å². The molecule has 0 aromatic heterocycles. The Morgan fingerprint density at radius 1 is 1.48 bits per heavy atom. The van der Waals surface area contributed by atoms with E-state index in [9.17, 15) is 4.79 Å². The molecule has 0 unspecified atom stereocenters. The maximum atomic E-state index is 12.4. The number of carbonyl (C=O) groups excluding carboxylic acids is 1. The number of ether oxygens (including phenoxy) is 2. The van der Waals surface area contributed by atoms with Crippen molar-refractivity contribution in [1.29, 1.82) is 0 Å². The third-order valence-electron chi connectivity index (χ3n) is 4.32. The second-order valence-corrected chi connectivity index (χ2v) is 7.24. The summed E-state index contributed by atoms with van der Waals surface area (Å²) in [4.78, 5) is 13.5. The Labute approximate surface area is 143 Å². The molecule has 2 rings (SSSR count). The number of nitrogens with one attached hydrogen (secondary N) is 1. The summed E-state index contributed by atoms with van der Waals surface area (Å²) in [5.41, 5.74) is 0.739. The molecule has 0 spiro atoms. The molecule has 1 fully saturated rings. The average Bonchev–Trinajstić information content (AvgIpc) is 2.55. The van der Waals surface area contributed by atoms with E-state index in [2.05, 4.69) is 19.2 Å². The Bertz CT molecular complexity index is 533. The van der Waals surface area contributed by atoms with Crippen LogP contribution in [0.5, 0.6) is 5.75 Å². The van der Waals surface area contributed by atoms with Gasteiger partial charge in [0.05, 0.1) is 18.9 Å². The molecule has 1 saturated heterocycles. The molecule has 0 saturated carbocycles. The fourth-order valence-electron chi connectivity index (χ4n) is 2.92. The highest BCUT2D eigenvalue weighted by Crippen LogP contribution is 2.31. The van der Waals surface area contributed by atoms with Gasteiger partial charge in [-0.1, -0.05) is 13.8 Å². The van der Waals surface area contributed by atoms with E-state index in [1.807, 2.05) is 24.5 Å². The van der Waals surface area contributed by atoms with Gasteiger partial charge >= 0.3 is 0 Å². The Hall–Kier alpha value is -1.20. The Morgan fingerprint density at radius 3 is 2.91 bits per heavy atom. The molecular weight excluding hydrogens is 310 g/mol. The molecule has 1 aliphatic heterocycles. The van der Waals surface area contributed by atoms with Crippen LogP contribution in [0.1, 0.15) is 33.1 Å². The van der Waals surface area contributed by atoms with Gasteiger partial charge in [-0.2, -0.15) is 0 Å². The molecule has 1 aromatic rings. The van der Waals surface area contributed by atoms with Crippen LogP contribution in [0, 0.1) is 11.8 Å². The lowest BCUT2D eigenvalue weighted by atomic mass is 9.88. The summed E-state index contributed by atoms with van der Waals surface area (Å²) in [7, 11) is 1.63. The predicted octanol–water partition coefficient (Wildman–Crippen LogP) is 4.20. The minimum atomic E-state index is 0.0506. The molecule has 0 bridgehead atoms. The fraction of sp³-hybridized carbons (Fsp3) is 0.611. The first-order valence-electron chi connectivity index (χ1n) is 8.17. The smallest absolute Gasteiger partial charge is 0.224 e. The van der Waals surface area contributed by atoms with Crippen LogP contribution in [0.25, 0.3) is 0 Å². The molecule has 1 aliphatic rings. The van der Waals surface area contributed by atoms with Gasteiger partial charge in [0, 0.05) is 17.9 Å². The van der Waals surface area contributed by atoms with Gasteiger partial charge in [-0.15, -0.1) is 11.8 Å². The molecule has 1 amide bonds. The number of anilines is 1. The molecule has 128 valence electrons. The summed E-state index contributed by atoms with van der Waals surface area (Å²) in [6.45, 7) is 5.10. The maximum Gasteiger partial charge on any atom is 0.224 e. The largest absolute Gasteiger partial charge is 0.495 e. The number of carbonyl (C=O) groups is 1. The number of amides is 1. The Kier molecular flexibility index (Phi) is 6.78. The standard InChI is InChI=1S/C18H27NO3S/c1-12(2)16-9-13(7-8-22-16)10-18(20)19-15-6-5-14(23-4)11-17(15)21-3/h5-6,11-13,16H,7-10H2,1-4H3,(H,19,20)/t13-,16-/m1/s1. The van der Waals surface area contributed by atoms with Crippen molar-refractivity contribution < 1.29 is 14.3 Å². The second kappa shape index (κ2) is 8.60. The summed E-state index contributed by atoms with van der Waals surface area (Å²) < 4.78 is 11.2. The highest BCUT2D eigenvalue weighted by molar-refractivity contribution is 7.98. The highest BCUT2D eigenvalue weighted by atomic mass is 32.2. The van der Waals surface area contributed by atoms with E-state index in [0.717, 1.165) is 30.0 Å². The van der Waals surface area contributed by atoms with Crippen molar-refractivity contribution in [1.82, 2.24) is 0 Å². The van der Waals surface area contributed by atoms with Crippen molar-refractivity contribution in [3.63, 3.8) is 0 Å². The molecule has 0 aliphatic carbocycles. The number of hydrogen-bond donors (Lipinski definition) is 1.